The van der Waals surface area contributed by atoms with Crippen molar-refractivity contribution in [3.8, 4) is 22.3 Å². The van der Waals surface area contributed by atoms with Gasteiger partial charge in [-0.15, -0.1) is 0 Å². The molecule has 0 saturated heterocycles. The van der Waals surface area contributed by atoms with Crippen molar-refractivity contribution in [3.05, 3.63) is 83.9 Å². The molecule has 0 aliphatic heterocycles. The molecule has 0 aliphatic rings. The molecule has 0 unspecified atom stereocenters. The van der Waals surface area contributed by atoms with Crippen LogP contribution in [-0.4, -0.2) is 35.2 Å². The van der Waals surface area contributed by atoms with Crippen LogP contribution in [0.3, 0.4) is 0 Å². The molecule has 29 heavy (non-hydrogen) atoms. The number of carboxylic acid groups (broad SMARTS) is 2. The molecule has 6 nitrogen and oxygen atoms in total. The molecule has 0 aromatic heterocycles. The van der Waals surface area contributed by atoms with Gasteiger partial charge < -0.3 is 23.1 Å². The van der Waals surface area contributed by atoms with Crippen molar-refractivity contribution in [3.63, 3.8) is 0 Å². The first-order valence-corrected chi connectivity index (χ1v) is 8.65. The maximum Gasteiger partial charge on any atom is 1.00 e. The number of aromatic carboxylic acids is 2. The van der Waals surface area contributed by atoms with Gasteiger partial charge in [0.15, 0.2) is 0 Å². The van der Waals surface area contributed by atoms with Gasteiger partial charge in [-0.1, -0.05) is 66.7 Å². The molecular formula is C22H23N2NaO4. The Morgan fingerprint density at radius 3 is 1.62 bits per heavy atom. The second-order valence-electron chi connectivity index (χ2n) is 5.83. The maximum atomic E-state index is 11.8. The van der Waals surface area contributed by atoms with Crippen LogP contribution in [0.1, 0.15) is 22.1 Å². The predicted octanol–water partition coefficient (Wildman–Crippen LogP) is 0.437. The average molecular weight is 402 g/mol. The van der Waals surface area contributed by atoms with Crippen molar-refractivity contribution in [2.75, 3.05) is 13.1 Å². The Hall–Kier alpha value is -2.48. The molecule has 0 aliphatic carbocycles. The summed E-state index contributed by atoms with van der Waals surface area (Å²) in [5, 5.41) is 19.0. The Morgan fingerprint density at radius 2 is 1.21 bits per heavy atom. The first-order valence-electron chi connectivity index (χ1n) is 8.65. The van der Waals surface area contributed by atoms with Gasteiger partial charge in [-0.25, -0.2) is 9.59 Å². The first kappa shape index (κ1) is 24.6. The van der Waals surface area contributed by atoms with Crippen LogP contribution in [0.25, 0.3) is 22.3 Å². The van der Waals surface area contributed by atoms with Gasteiger partial charge in [-0.2, -0.15) is 0 Å². The zero-order valence-corrected chi connectivity index (χ0v) is 18.2. The summed E-state index contributed by atoms with van der Waals surface area (Å²) in [7, 11) is 0. The molecule has 0 amide bonds. The zero-order valence-electron chi connectivity index (χ0n) is 17.2. The summed E-state index contributed by atoms with van der Waals surface area (Å²) in [6, 6.07) is 21.3. The third kappa shape index (κ3) is 6.25. The number of nitrogens with two attached hydrogens (primary N) is 2. The van der Waals surface area contributed by atoms with E-state index in [4.69, 9.17) is 11.5 Å². The number of hydrogen-bond donors (Lipinski definition) is 4. The average Bonchev–Trinajstić information content (AvgIpc) is 2.74. The predicted molar refractivity (Wildman–Crippen MR) is 110 cm³/mol. The second-order valence-corrected chi connectivity index (χ2v) is 5.83. The minimum atomic E-state index is -1.26. The van der Waals surface area contributed by atoms with Crippen molar-refractivity contribution in [1.82, 2.24) is 0 Å². The normalized spacial score (nSPS) is 9.59. The third-order valence-corrected chi connectivity index (χ3v) is 3.96. The third-order valence-electron chi connectivity index (χ3n) is 3.96. The van der Waals surface area contributed by atoms with Gasteiger partial charge in [0.05, 0.1) is 11.1 Å². The number of carboxylic acids is 2. The molecule has 146 valence electrons. The molecule has 0 spiro atoms. The van der Waals surface area contributed by atoms with Crippen molar-refractivity contribution >= 4 is 11.9 Å². The van der Waals surface area contributed by atoms with Gasteiger partial charge in [0.1, 0.15) is 0 Å². The monoisotopic (exact) mass is 402 g/mol. The molecule has 0 saturated carbocycles. The van der Waals surface area contributed by atoms with E-state index in [-0.39, 0.29) is 42.1 Å². The van der Waals surface area contributed by atoms with E-state index in [9.17, 15) is 19.8 Å². The van der Waals surface area contributed by atoms with E-state index in [1.807, 2.05) is 36.4 Å². The minimum Gasteiger partial charge on any atom is -1.00 e. The van der Waals surface area contributed by atoms with E-state index in [2.05, 4.69) is 0 Å². The Morgan fingerprint density at radius 1 is 0.724 bits per heavy atom. The van der Waals surface area contributed by atoms with Gasteiger partial charge in [0.25, 0.3) is 0 Å². The molecule has 0 heterocycles. The molecular weight excluding hydrogens is 379 g/mol. The number of rotatable bonds is 5. The number of benzene rings is 3. The number of carbonyl (C=O) groups is 2. The van der Waals surface area contributed by atoms with E-state index in [1.165, 1.54) is 6.07 Å². The summed E-state index contributed by atoms with van der Waals surface area (Å²) < 4.78 is 0. The summed E-state index contributed by atoms with van der Waals surface area (Å²) in [5.74, 6) is -2.52. The Labute approximate surface area is 193 Å². The Balaban J connectivity index is 0.00000129. The van der Waals surface area contributed by atoms with E-state index in [0.29, 0.717) is 29.8 Å². The molecule has 3 aromatic rings. The van der Waals surface area contributed by atoms with Crippen molar-refractivity contribution in [2.24, 2.45) is 11.5 Å². The van der Waals surface area contributed by atoms with Gasteiger partial charge in [-0.05, 0) is 22.8 Å². The van der Waals surface area contributed by atoms with Crippen LogP contribution in [-0.2, 0) is 0 Å². The van der Waals surface area contributed by atoms with Crippen LogP contribution < -0.4 is 41.0 Å². The largest absolute Gasteiger partial charge is 1.00 e. The SMILES string of the molecule is NCCN.O=C(O)c1ccc(-c2ccccc2)c(-c2ccccc2)c1C(=O)O.[H-].[Na+]. The fraction of sp³-hybridized carbons (Fsp3) is 0.0909. The van der Waals surface area contributed by atoms with Crippen LogP contribution in [0.15, 0.2) is 72.8 Å². The van der Waals surface area contributed by atoms with Gasteiger partial charge in [-0.3, -0.25) is 0 Å². The van der Waals surface area contributed by atoms with Crippen LogP contribution in [0.5, 0.6) is 0 Å². The fourth-order valence-electron chi connectivity index (χ4n) is 2.77. The first-order chi connectivity index (χ1) is 13.5. The quantitative estimate of drug-likeness (QED) is 0.459. The summed E-state index contributed by atoms with van der Waals surface area (Å²) in [5.41, 5.74) is 12.0. The topological polar surface area (TPSA) is 127 Å². The van der Waals surface area contributed by atoms with E-state index in [0.717, 1.165) is 5.56 Å². The van der Waals surface area contributed by atoms with E-state index >= 15 is 0 Å². The molecule has 0 radical (unpaired) electrons. The molecule has 3 aromatic carbocycles. The summed E-state index contributed by atoms with van der Waals surface area (Å²) >= 11 is 0. The van der Waals surface area contributed by atoms with Crippen LogP contribution >= 0.6 is 0 Å². The molecule has 3 rings (SSSR count). The molecule has 6 N–H and O–H groups in total. The van der Waals surface area contributed by atoms with E-state index in [1.54, 1.807) is 30.3 Å². The van der Waals surface area contributed by atoms with Crippen molar-refractivity contribution in [1.29, 1.82) is 0 Å². The second kappa shape index (κ2) is 12.2. The standard InChI is InChI=1S/C20H14O4.C2H8N2.Na.H/c21-19(22)16-12-11-15(13-7-3-1-4-8-13)17(18(16)20(23)24)14-9-5-2-6-10-14;3-1-2-4;;/h1-12H,(H,21,22)(H,23,24);1-4H2;;/q;;+1;-1. The zero-order chi connectivity index (χ0) is 20.5. The van der Waals surface area contributed by atoms with Gasteiger partial charge in [0.2, 0.25) is 0 Å². The molecule has 0 fully saturated rings. The van der Waals surface area contributed by atoms with Crippen LogP contribution in [0.2, 0.25) is 0 Å². The van der Waals surface area contributed by atoms with Crippen LogP contribution in [0, 0.1) is 0 Å². The minimum absolute atomic E-state index is 0. The van der Waals surface area contributed by atoms with Crippen LogP contribution in [0.4, 0.5) is 0 Å². The maximum absolute atomic E-state index is 11.8. The molecule has 0 bridgehead atoms. The van der Waals surface area contributed by atoms with Gasteiger partial charge in [0, 0.05) is 18.7 Å². The molecule has 0 atom stereocenters. The number of hydrogen-bond acceptors (Lipinski definition) is 4. The molecule has 7 heteroatoms. The summed E-state index contributed by atoms with van der Waals surface area (Å²) in [6.07, 6.45) is 0. The van der Waals surface area contributed by atoms with Crippen molar-refractivity contribution < 1.29 is 50.8 Å². The van der Waals surface area contributed by atoms with Gasteiger partial charge >= 0.3 is 41.5 Å². The fourth-order valence-corrected chi connectivity index (χ4v) is 2.77. The summed E-state index contributed by atoms with van der Waals surface area (Å²) in [6.45, 7) is 1.19. The smallest absolute Gasteiger partial charge is 1.00 e. The van der Waals surface area contributed by atoms with Crippen molar-refractivity contribution in [2.45, 2.75) is 0 Å². The van der Waals surface area contributed by atoms with E-state index < -0.39 is 11.9 Å². The Bertz CT molecular complexity index is 952. The summed E-state index contributed by atoms with van der Waals surface area (Å²) in [4.78, 5) is 23.3. The Kier molecular flexibility index (Phi) is 10.3.